The van der Waals surface area contributed by atoms with E-state index in [1.165, 1.54) is 12.1 Å². The van der Waals surface area contributed by atoms with Crippen LogP contribution in [0.3, 0.4) is 0 Å². The number of hydrazine groups is 1. The van der Waals surface area contributed by atoms with Crippen LogP contribution in [0.4, 0.5) is 10.4 Å². The van der Waals surface area contributed by atoms with Crippen LogP contribution >= 0.6 is 0 Å². The molecule has 6 heteroatoms. The van der Waals surface area contributed by atoms with E-state index in [1.54, 1.807) is 24.3 Å². The number of nitrogens with two attached hydrogens (primary N) is 1. The third-order valence-corrected chi connectivity index (χ3v) is 1.83. The Morgan fingerprint density at radius 1 is 1.31 bits per heavy atom. The molecule has 0 amide bonds. The van der Waals surface area contributed by atoms with Crippen LogP contribution in [0.25, 0.3) is 12.2 Å². The summed E-state index contributed by atoms with van der Waals surface area (Å²) in [6.45, 7) is 0. The van der Waals surface area contributed by atoms with Gasteiger partial charge in [-0.2, -0.15) is 0 Å². The zero-order valence-corrected chi connectivity index (χ0v) is 8.22. The van der Waals surface area contributed by atoms with E-state index in [-0.39, 0.29) is 17.7 Å². The van der Waals surface area contributed by atoms with Crippen LogP contribution in [0.1, 0.15) is 11.5 Å². The first kappa shape index (κ1) is 10.3. The third kappa shape index (κ3) is 2.43. The molecule has 5 nitrogen and oxygen atoms in total. The van der Waals surface area contributed by atoms with E-state index in [1.807, 2.05) is 0 Å². The van der Waals surface area contributed by atoms with Gasteiger partial charge in [-0.3, -0.25) is 5.43 Å². The second kappa shape index (κ2) is 4.54. The number of benzene rings is 1. The van der Waals surface area contributed by atoms with Crippen molar-refractivity contribution in [2.24, 2.45) is 5.84 Å². The van der Waals surface area contributed by atoms with Crippen LogP contribution in [-0.2, 0) is 0 Å². The Kier molecular flexibility index (Phi) is 2.93. The molecule has 1 aromatic carbocycles. The Morgan fingerprint density at radius 3 is 2.88 bits per heavy atom. The summed E-state index contributed by atoms with van der Waals surface area (Å²) in [4.78, 5) is 0. The molecule has 0 saturated carbocycles. The molecule has 0 unspecified atom stereocenters. The molecule has 0 aliphatic heterocycles. The Hall–Kier alpha value is -2.21. The van der Waals surface area contributed by atoms with E-state index in [9.17, 15) is 4.39 Å². The topological polar surface area (TPSA) is 77.0 Å². The van der Waals surface area contributed by atoms with Gasteiger partial charge < -0.3 is 4.42 Å². The molecule has 1 aromatic heterocycles. The van der Waals surface area contributed by atoms with E-state index in [2.05, 4.69) is 15.6 Å². The van der Waals surface area contributed by atoms with E-state index in [4.69, 9.17) is 10.3 Å². The van der Waals surface area contributed by atoms with Gasteiger partial charge in [-0.15, -0.1) is 5.10 Å². The summed E-state index contributed by atoms with van der Waals surface area (Å²) < 4.78 is 17.9. The number of hydrogen-bond donors (Lipinski definition) is 2. The SMILES string of the molecule is NNc1nnc(/C=C/c2cccc(F)c2)o1. The van der Waals surface area contributed by atoms with Gasteiger partial charge in [-0.25, -0.2) is 10.2 Å². The molecule has 0 saturated heterocycles. The number of anilines is 1. The standard InChI is InChI=1S/C10H9FN4O/c11-8-3-1-2-7(6-8)4-5-9-14-15-10(13-12)16-9/h1-6H,12H2,(H,13,15)/b5-4+. The summed E-state index contributed by atoms with van der Waals surface area (Å²) in [5.41, 5.74) is 2.93. The Balaban J connectivity index is 2.14. The van der Waals surface area contributed by atoms with Crippen molar-refractivity contribution in [1.29, 1.82) is 0 Å². The highest BCUT2D eigenvalue weighted by Gasteiger charge is 1.99. The molecule has 82 valence electrons. The average molecular weight is 220 g/mol. The van der Waals surface area contributed by atoms with Crippen molar-refractivity contribution in [3.05, 3.63) is 41.5 Å². The van der Waals surface area contributed by atoms with Crippen LogP contribution in [0.5, 0.6) is 0 Å². The molecule has 2 rings (SSSR count). The van der Waals surface area contributed by atoms with E-state index < -0.39 is 0 Å². The fourth-order valence-electron chi connectivity index (χ4n) is 1.14. The highest BCUT2D eigenvalue weighted by molar-refractivity contribution is 5.65. The van der Waals surface area contributed by atoms with Gasteiger partial charge in [-0.1, -0.05) is 17.2 Å². The number of nitrogens with one attached hydrogen (secondary N) is 1. The summed E-state index contributed by atoms with van der Waals surface area (Å²) in [7, 11) is 0. The normalized spacial score (nSPS) is 10.9. The molecule has 0 aliphatic carbocycles. The molecule has 2 aromatic rings. The number of nitrogen functional groups attached to an aromatic ring is 1. The molecule has 16 heavy (non-hydrogen) atoms. The zero-order valence-electron chi connectivity index (χ0n) is 8.22. The lowest BCUT2D eigenvalue weighted by Gasteiger charge is -1.91. The Morgan fingerprint density at radius 2 is 2.19 bits per heavy atom. The van der Waals surface area contributed by atoms with E-state index in [0.29, 0.717) is 5.56 Å². The van der Waals surface area contributed by atoms with Crippen molar-refractivity contribution in [3.63, 3.8) is 0 Å². The van der Waals surface area contributed by atoms with Gasteiger partial charge in [0.05, 0.1) is 0 Å². The third-order valence-electron chi connectivity index (χ3n) is 1.83. The lowest BCUT2D eigenvalue weighted by molar-refractivity contribution is 0.556. The number of halogens is 1. The zero-order chi connectivity index (χ0) is 11.4. The molecule has 1 heterocycles. The monoisotopic (exact) mass is 220 g/mol. The summed E-state index contributed by atoms with van der Waals surface area (Å²) >= 11 is 0. The van der Waals surface area contributed by atoms with Gasteiger partial charge in [0.1, 0.15) is 5.82 Å². The maximum atomic E-state index is 12.8. The molecule has 0 aliphatic rings. The minimum absolute atomic E-state index is 0.124. The van der Waals surface area contributed by atoms with Crippen LogP contribution in [-0.4, -0.2) is 10.2 Å². The number of rotatable bonds is 3. The first-order valence-electron chi connectivity index (χ1n) is 4.52. The summed E-state index contributed by atoms with van der Waals surface area (Å²) in [6.07, 6.45) is 3.24. The van der Waals surface area contributed by atoms with Crippen molar-refractivity contribution in [3.8, 4) is 0 Å². The fraction of sp³-hybridized carbons (Fsp3) is 0. The van der Waals surface area contributed by atoms with Crippen molar-refractivity contribution >= 4 is 18.2 Å². The first-order valence-corrected chi connectivity index (χ1v) is 4.52. The van der Waals surface area contributed by atoms with Crippen molar-refractivity contribution in [2.75, 3.05) is 5.43 Å². The van der Waals surface area contributed by atoms with Gasteiger partial charge in [0.15, 0.2) is 0 Å². The maximum absolute atomic E-state index is 12.8. The fourth-order valence-corrected chi connectivity index (χ4v) is 1.14. The van der Waals surface area contributed by atoms with Crippen LogP contribution in [0.15, 0.2) is 28.7 Å². The van der Waals surface area contributed by atoms with Crippen LogP contribution < -0.4 is 11.3 Å². The number of aromatic nitrogens is 2. The van der Waals surface area contributed by atoms with Gasteiger partial charge in [0, 0.05) is 6.08 Å². The average Bonchev–Trinajstić information content (AvgIpc) is 2.74. The largest absolute Gasteiger partial charge is 0.403 e. The summed E-state index contributed by atoms with van der Waals surface area (Å²) in [5, 5.41) is 7.27. The van der Waals surface area contributed by atoms with Crippen molar-refractivity contribution in [1.82, 2.24) is 10.2 Å². The van der Waals surface area contributed by atoms with Gasteiger partial charge in [-0.05, 0) is 23.8 Å². The minimum atomic E-state index is -0.294. The molecule has 0 radical (unpaired) electrons. The highest BCUT2D eigenvalue weighted by atomic mass is 19.1. The molecule has 0 atom stereocenters. The lowest BCUT2D eigenvalue weighted by Crippen LogP contribution is -2.06. The van der Waals surface area contributed by atoms with Gasteiger partial charge >= 0.3 is 6.01 Å². The molecule has 0 fully saturated rings. The smallest absolute Gasteiger partial charge is 0.330 e. The highest BCUT2D eigenvalue weighted by Crippen LogP contribution is 2.10. The van der Waals surface area contributed by atoms with Crippen molar-refractivity contribution < 1.29 is 8.81 Å². The first-order chi connectivity index (χ1) is 7.78. The van der Waals surface area contributed by atoms with Crippen LogP contribution in [0.2, 0.25) is 0 Å². The molecular weight excluding hydrogens is 211 g/mol. The summed E-state index contributed by atoms with van der Waals surface area (Å²) in [6, 6.07) is 6.28. The quantitative estimate of drug-likeness (QED) is 0.607. The van der Waals surface area contributed by atoms with E-state index >= 15 is 0 Å². The number of hydrogen-bond acceptors (Lipinski definition) is 5. The van der Waals surface area contributed by atoms with Gasteiger partial charge in [0.25, 0.3) is 0 Å². The Labute approximate surface area is 90.8 Å². The second-order valence-corrected chi connectivity index (χ2v) is 2.98. The summed E-state index contributed by atoms with van der Waals surface area (Å²) in [5.74, 6) is 5.06. The van der Waals surface area contributed by atoms with Crippen LogP contribution in [0, 0.1) is 5.82 Å². The predicted octanol–water partition coefficient (Wildman–Crippen LogP) is 1.66. The Bertz CT molecular complexity index is 509. The predicted molar refractivity (Wildman–Crippen MR) is 57.4 cm³/mol. The molecule has 0 spiro atoms. The minimum Gasteiger partial charge on any atom is -0.403 e. The lowest BCUT2D eigenvalue weighted by atomic mass is 10.2. The van der Waals surface area contributed by atoms with Gasteiger partial charge in [0.2, 0.25) is 5.89 Å². The van der Waals surface area contributed by atoms with E-state index in [0.717, 1.165) is 0 Å². The molecule has 3 N–H and O–H groups in total. The second-order valence-electron chi connectivity index (χ2n) is 2.98. The molecular formula is C10H9FN4O. The molecule has 0 bridgehead atoms. The maximum Gasteiger partial charge on any atom is 0.330 e. The van der Waals surface area contributed by atoms with Crippen molar-refractivity contribution in [2.45, 2.75) is 0 Å². The number of nitrogens with zero attached hydrogens (tertiary/aromatic N) is 2.